The van der Waals surface area contributed by atoms with Crippen LogP contribution < -0.4 is 10.1 Å². The zero-order chi connectivity index (χ0) is 29.5. The van der Waals surface area contributed by atoms with Crippen molar-refractivity contribution in [1.29, 1.82) is 0 Å². The van der Waals surface area contributed by atoms with Gasteiger partial charge in [-0.25, -0.2) is 13.6 Å². The van der Waals surface area contributed by atoms with Crippen molar-refractivity contribution in [1.82, 2.24) is 5.32 Å². The number of nitrogens with one attached hydrogen (secondary N) is 1. The van der Waals surface area contributed by atoms with Crippen LogP contribution >= 0.6 is 0 Å². The molecule has 1 N–H and O–H groups in total. The summed E-state index contributed by atoms with van der Waals surface area (Å²) in [7, 11) is 0.562. The van der Waals surface area contributed by atoms with Crippen LogP contribution in [0.4, 0.5) is 8.78 Å². The molecule has 5 atom stereocenters. The highest BCUT2D eigenvalue weighted by Gasteiger charge is 2.68. The summed E-state index contributed by atoms with van der Waals surface area (Å²) >= 11 is 0. The number of esters is 2. The number of ether oxygens (including phenoxy) is 3. The van der Waals surface area contributed by atoms with E-state index in [9.17, 15) is 23.2 Å². The Kier molecular flexibility index (Phi) is 8.52. The SMILES string of the molecule is COc1c(CC(NC(=O)CCC(C)(F)F)B2OC3CC4CC(C4(C)C)C3(C)O2)cccc1C(=O)OCOC(C)=O. The van der Waals surface area contributed by atoms with Crippen LogP contribution in [0.2, 0.25) is 0 Å². The van der Waals surface area contributed by atoms with Crippen LogP contribution in [-0.2, 0) is 34.8 Å². The molecule has 9 nitrogen and oxygen atoms in total. The van der Waals surface area contributed by atoms with Gasteiger partial charge in [-0.05, 0) is 62.0 Å². The lowest BCUT2D eigenvalue weighted by Gasteiger charge is -2.64. The number of methoxy groups -OCH3 is 1. The standard InChI is InChI=1S/C28H38BF2NO8/c1-16(33)37-15-38-25(35)19-9-7-8-17(24(19)36-6)12-22(32-23(34)10-11-27(4,30)31)29-39-21-14-18-13-20(26(18,2)3)28(21,5)40-29/h7-9,18,20-22H,10-15H2,1-6H3,(H,32,34). The summed E-state index contributed by atoms with van der Waals surface area (Å²) in [5, 5.41) is 2.85. The van der Waals surface area contributed by atoms with Crippen molar-refractivity contribution in [2.45, 2.75) is 90.3 Å². The first-order valence-corrected chi connectivity index (χ1v) is 13.6. The van der Waals surface area contributed by atoms with Gasteiger partial charge in [0, 0.05) is 19.8 Å². The summed E-state index contributed by atoms with van der Waals surface area (Å²) < 4.78 is 55.2. The molecule has 220 valence electrons. The Balaban J connectivity index is 1.57. The summed E-state index contributed by atoms with van der Waals surface area (Å²) in [6.45, 7) is 7.95. The third-order valence-electron chi connectivity index (χ3n) is 8.85. The van der Waals surface area contributed by atoms with E-state index in [0.717, 1.165) is 19.8 Å². The van der Waals surface area contributed by atoms with Crippen LogP contribution in [0, 0.1) is 17.3 Å². The van der Waals surface area contributed by atoms with Crippen LogP contribution in [0.25, 0.3) is 0 Å². The monoisotopic (exact) mass is 565 g/mol. The van der Waals surface area contributed by atoms with Crippen LogP contribution in [-0.4, -0.2) is 62.4 Å². The molecular formula is C28H38BF2NO8. The van der Waals surface area contributed by atoms with Gasteiger partial charge in [0.05, 0.1) is 24.8 Å². The summed E-state index contributed by atoms with van der Waals surface area (Å²) in [4.78, 5) is 36.5. The van der Waals surface area contributed by atoms with Crippen molar-refractivity contribution in [3.05, 3.63) is 29.3 Å². The molecule has 1 aromatic carbocycles. The van der Waals surface area contributed by atoms with Crippen LogP contribution in [0.5, 0.6) is 5.75 Å². The molecule has 40 heavy (non-hydrogen) atoms. The molecule has 1 saturated heterocycles. The van der Waals surface area contributed by atoms with Crippen LogP contribution in [0.1, 0.15) is 76.2 Å². The van der Waals surface area contributed by atoms with Gasteiger partial charge in [0.2, 0.25) is 18.6 Å². The lowest BCUT2D eigenvalue weighted by molar-refractivity contribution is -0.199. The molecule has 0 radical (unpaired) electrons. The highest BCUT2D eigenvalue weighted by Crippen LogP contribution is 2.65. The lowest BCUT2D eigenvalue weighted by atomic mass is 9.43. The quantitative estimate of drug-likeness (QED) is 0.243. The van der Waals surface area contributed by atoms with E-state index in [1.807, 2.05) is 0 Å². The van der Waals surface area contributed by atoms with Gasteiger partial charge in [-0.1, -0.05) is 26.0 Å². The van der Waals surface area contributed by atoms with Gasteiger partial charge in [-0.3, -0.25) is 9.59 Å². The maximum absolute atomic E-state index is 13.5. The molecule has 5 unspecified atom stereocenters. The Labute approximate surface area is 233 Å². The van der Waals surface area contributed by atoms with Gasteiger partial charge in [0.1, 0.15) is 11.3 Å². The predicted octanol–water partition coefficient (Wildman–Crippen LogP) is 4.10. The molecule has 0 spiro atoms. The average Bonchev–Trinajstić information content (AvgIpc) is 3.23. The van der Waals surface area contributed by atoms with Gasteiger partial charge in [-0.15, -0.1) is 0 Å². The second kappa shape index (κ2) is 11.3. The minimum Gasteiger partial charge on any atom is -0.496 e. The fourth-order valence-corrected chi connectivity index (χ4v) is 6.53. The maximum atomic E-state index is 13.5. The molecule has 5 rings (SSSR count). The van der Waals surface area contributed by atoms with Crippen LogP contribution in [0.3, 0.4) is 0 Å². The Morgan fingerprint density at radius 1 is 1.20 bits per heavy atom. The Morgan fingerprint density at radius 2 is 1.93 bits per heavy atom. The first-order valence-electron chi connectivity index (χ1n) is 13.6. The highest BCUT2D eigenvalue weighted by atomic mass is 19.3. The van der Waals surface area contributed by atoms with E-state index in [2.05, 4.69) is 30.8 Å². The lowest BCUT2D eigenvalue weighted by Crippen LogP contribution is -2.65. The number of amides is 1. The molecule has 4 aliphatic rings. The summed E-state index contributed by atoms with van der Waals surface area (Å²) in [5.74, 6) is -4.63. The molecule has 1 aliphatic heterocycles. The number of hydrogen-bond donors (Lipinski definition) is 1. The molecule has 4 fully saturated rings. The minimum absolute atomic E-state index is 0.0966. The zero-order valence-electron chi connectivity index (χ0n) is 23.9. The normalized spacial score (nSPS) is 27.2. The van der Waals surface area contributed by atoms with Crippen molar-refractivity contribution < 1.29 is 46.7 Å². The maximum Gasteiger partial charge on any atom is 0.482 e. The Morgan fingerprint density at radius 3 is 2.55 bits per heavy atom. The van der Waals surface area contributed by atoms with E-state index in [0.29, 0.717) is 11.5 Å². The third-order valence-corrected chi connectivity index (χ3v) is 8.85. The molecule has 3 aliphatic carbocycles. The number of carbonyl (C=O) groups is 3. The highest BCUT2D eigenvalue weighted by molar-refractivity contribution is 6.48. The van der Waals surface area contributed by atoms with Gasteiger partial charge in [0.25, 0.3) is 0 Å². The first-order chi connectivity index (χ1) is 18.7. The zero-order valence-corrected chi connectivity index (χ0v) is 23.9. The fourth-order valence-electron chi connectivity index (χ4n) is 6.53. The molecule has 12 heteroatoms. The van der Waals surface area contributed by atoms with Crippen molar-refractivity contribution >= 4 is 25.0 Å². The number of alkyl halides is 2. The van der Waals surface area contributed by atoms with Gasteiger partial charge >= 0.3 is 19.1 Å². The molecule has 2 bridgehead atoms. The molecule has 1 amide bonds. The number of hydrogen-bond acceptors (Lipinski definition) is 8. The van der Waals surface area contributed by atoms with E-state index in [-0.39, 0.29) is 41.6 Å². The molecular weight excluding hydrogens is 527 g/mol. The first kappa shape index (κ1) is 30.2. The molecule has 1 heterocycles. The number of benzene rings is 1. The average molecular weight is 565 g/mol. The van der Waals surface area contributed by atoms with Gasteiger partial charge in [0.15, 0.2) is 0 Å². The Hall–Kier alpha value is -2.73. The number of halogens is 2. The van der Waals surface area contributed by atoms with E-state index in [1.165, 1.54) is 20.1 Å². The topological polar surface area (TPSA) is 109 Å². The van der Waals surface area contributed by atoms with E-state index < -0.39 is 55.6 Å². The Bertz CT molecular complexity index is 1140. The largest absolute Gasteiger partial charge is 0.496 e. The minimum atomic E-state index is -2.98. The number of para-hydroxylation sites is 1. The van der Waals surface area contributed by atoms with E-state index in [1.54, 1.807) is 12.1 Å². The molecule has 1 aromatic rings. The number of carbonyl (C=O) groups excluding carboxylic acids is 3. The summed E-state index contributed by atoms with van der Waals surface area (Å²) in [5.41, 5.74) is 0.208. The van der Waals surface area contributed by atoms with Crippen LogP contribution in [0.15, 0.2) is 18.2 Å². The smallest absolute Gasteiger partial charge is 0.482 e. The van der Waals surface area contributed by atoms with Crippen molar-refractivity contribution in [2.75, 3.05) is 13.9 Å². The van der Waals surface area contributed by atoms with Gasteiger partial charge < -0.3 is 28.8 Å². The third kappa shape index (κ3) is 6.12. The van der Waals surface area contributed by atoms with Crippen molar-refractivity contribution in [3.63, 3.8) is 0 Å². The second-order valence-corrected chi connectivity index (χ2v) is 12.0. The van der Waals surface area contributed by atoms with Gasteiger partial charge in [-0.2, -0.15) is 0 Å². The molecule has 0 aromatic heterocycles. The summed E-state index contributed by atoms with van der Waals surface area (Å²) in [6.07, 6.45) is 0.899. The predicted molar refractivity (Wildman–Crippen MR) is 141 cm³/mol. The molecule has 3 saturated carbocycles. The van der Waals surface area contributed by atoms with Crippen molar-refractivity contribution in [3.8, 4) is 5.75 Å². The second-order valence-electron chi connectivity index (χ2n) is 12.0. The summed E-state index contributed by atoms with van der Waals surface area (Å²) in [6, 6.07) is 4.86. The van der Waals surface area contributed by atoms with E-state index >= 15 is 0 Å². The fraction of sp³-hybridized carbons (Fsp3) is 0.679. The number of rotatable bonds is 11. The van der Waals surface area contributed by atoms with E-state index in [4.69, 9.17) is 18.8 Å². The van der Waals surface area contributed by atoms with Crippen molar-refractivity contribution in [2.24, 2.45) is 17.3 Å².